The first-order valence-electron chi connectivity index (χ1n) is 15.8. The molecule has 1 aliphatic heterocycles. The number of amides is 3. The van der Waals surface area contributed by atoms with Crippen molar-refractivity contribution in [1.29, 1.82) is 0 Å². The van der Waals surface area contributed by atoms with Gasteiger partial charge in [-0.2, -0.15) is 0 Å². The number of ether oxygens (including phenoxy) is 3. The fraction of sp³-hybridized carbons (Fsp3) is 0.429. The third-order valence-electron chi connectivity index (χ3n) is 7.93. The van der Waals surface area contributed by atoms with E-state index in [4.69, 9.17) is 14.2 Å². The number of unbranched alkanes of at least 4 members (excludes halogenated alkanes) is 1. The molecule has 0 spiro atoms. The van der Waals surface area contributed by atoms with E-state index in [9.17, 15) is 14.0 Å². The van der Waals surface area contributed by atoms with Gasteiger partial charge in [0.1, 0.15) is 23.4 Å². The van der Waals surface area contributed by atoms with E-state index in [1.54, 1.807) is 48.5 Å². The van der Waals surface area contributed by atoms with Crippen molar-refractivity contribution in [2.75, 3.05) is 37.4 Å². The number of hydrogen-bond acceptors (Lipinski definition) is 6. The van der Waals surface area contributed by atoms with E-state index in [1.807, 2.05) is 13.8 Å². The van der Waals surface area contributed by atoms with Crippen molar-refractivity contribution in [2.24, 2.45) is 0 Å². The van der Waals surface area contributed by atoms with Gasteiger partial charge in [0.15, 0.2) is 11.5 Å². The third-order valence-corrected chi connectivity index (χ3v) is 7.93. The zero-order valence-electron chi connectivity index (χ0n) is 26.7. The molecule has 242 valence electrons. The average molecular weight is 621 g/mol. The van der Waals surface area contributed by atoms with Gasteiger partial charge in [0, 0.05) is 42.6 Å². The Labute approximate surface area is 265 Å². The lowest BCUT2D eigenvalue weighted by Gasteiger charge is -2.32. The van der Waals surface area contributed by atoms with Crippen LogP contribution < -0.4 is 30.2 Å². The Bertz CT molecular complexity index is 1410. The standard InChI is InChI=1S/C35H45FN4O5/c1-5-8-19-40-20-17-28(18-21-40)44-29-14-15-30(31(36)23-29)34(41)37-25-9-12-27(13-10-25)45-32-16-11-26(22-33(32)43-4)39-35(42)38-24(6-2)7-3/h9-16,22-24,28H,5-8,17-21H2,1-4H3,(H,37,41)(H2,38,39,42). The maximum absolute atomic E-state index is 14.9. The number of carbonyl (C=O) groups is 2. The number of nitrogens with one attached hydrogen (secondary N) is 3. The second-order valence-corrected chi connectivity index (χ2v) is 11.2. The lowest BCUT2D eigenvalue weighted by atomic mass is 10.1. The number of anilines is 2. The number of rotatable bonds is 14. The molecule has 3 amide bonds. The van der Waals surface area contributed by atoms with Gasteiger partial charge in [-0.3, -0.25) is 4.79 Å². The van der Waals surface area contributed by atoms with E-state index in [0.717, 1.165) is 45.3 Å². The van der Waals surface area contributed by atoms with Crippen LogP contribution in [0.1, 0.15) is 69.7 Å². The van der Waals surface area contributed by atoms with Gasteiger partial charge in [0.05, 0.1) is 12.7 Å². The minimum Gasteiger partial charge on any atom is -0.493 e. The van der Waals surface area contributed by atoms with Gasteiger partial charge < -0.3 is 35.1 Å². The molecule has 9 nitrogen and oxygen atoms in total. The van der Waals surface area contributed by atoms with Crippen LogP contribution in [0.3, 0.4) is 0 Å². The predicted molar refractivity (Wildman–Crippen MR) is 175 cm³/mol. The lowest BCUT2D eigenvalue weighted by molar-refractivity contribution is 0.0992. The molecule has 1 heterocycles. The van der Waals surface area contributed by atoms with Crippen LogP contribution in [0.15, 0.2) is 60.7 Å². The van der Waals surface area contributed by atoms with Crippen LogP contribution in [0.25, 0.3) is 0 Å². The highest BCUT2D eigenvalue weighted by Crippen LogP contribution is 2.34. The van der Waals surface area contributed by atoms with Crippen molar-refractivity contribution in [3.63, 3.8) is 0 Å². The third kappa shape index (κ3) is 9.84. The van der Waals surface area contributed by atoms with Crippen LogP contribution >= 0.6 is 0 Å². The second kappa shape index (κ2) is 16.7. The second-order valence-electron chi connectivity index (χ2n) is 11.2. The van der Waals surface area contributed by atoms with E-state index >= 15 is 0 Å². The fourth-order valence-corrected chi connectivity index (χ4v) is 5.18. The van der Waals surface area contributed by atoms with Crippen molar-refractivity contribution in [3.05, 3.63) is 72.0 Å². The van der Waals surface area contributed by atoms with Gasteiger partial charge in [-0.05, 0) is 87.2 Å². The summed E-state index contributed by atoms with van der Waals surface area (Å²) in [5.41, 5.74) is 0.983. The van der Waals surface area contributed by atoms with Crippen LogP contribution in [-0.4, -0.2) is 55.7 Å². The molecule has 0 saturated carbocycles. The smallest absolute Gasteiger partial charge is 0.319 e. The molecule has 1 fully saturated rings. The quantitative estimate of drug-likeness (QED) is 0.170. The molecule has 0 aliphatic carbocycles. The number of carbonyl (C=O) groups excluding carboxylic acids is 2. The van der Waals surface area contributed by atoms with Gasteiger partial charge in [-0.25, -0.2) is 9.18 Å². The highest BCUT2D eigenvalue weighted by molar-refractivity contribution is 6.04. The van der Waals surface area contributed by atoms with Gasteiger partial charge >= 0.3 is 6.03 Å². The molecule has 3 aromatic carbocycles. The normalized spacial score (nSPS) is 13.7. The number of halogens is 1. The summed E-state index contributed by atoms with van der Waals surface area (Å²) in [6, 6.07) is 16.0. The van der Waals surface area contributed by atoms with E-state index in [0.29, 0.717) is 34.4 Å². The number of methoxy groups -OCH3 is 1. The molecule has 10 heteroatoms. The minimum atomic E-state index is -0.636. The summed E-state index contributed by atoms with van der Waals surface area (Å²) in [5, 5.41) is 8.48. The number of urea groups is 1. The molecule has 0 atom stereocenters. The molecule has 1 saturated heterocycles. The van der Waals surface area contributed by atoms with Gasteiger partial charge in [-0.15, -0.1) is 0 Å². The van der Waals surface area contributed by atoms with E-state index in [2.05, 4.69) is 27.8 Å². The number of piperidine rings is 1. The zero-order chi connectivity index (χ0) is 32.2. The van der Waals surface area contributed by atoms with E-state index in [1.165, 1.54) is 32.1 Å². The first-order valence-corrected chi connectivity index (χ1v) is 15.8. The largest absolute Gasteiger partial charge is 0.493 e. The number of hydrogen-bond donors (Lipinski definition) is 3. The molecule has 4 rings (SSSR count). The number of benzene rings is 3. The number of nitrogens with zero attached hydrogens (tertiary/aromatic N) is 1. The summed E-state index contributed by atoms with van der Waals surface area (Å²) in [5.74, 6) is 0.627. The van der Waals surface area contributed by atoms with Crippen molar-refractivity contribution < 1.29 is 28.2 Å². The Morgan fingerprint density at radius 1 is 0.889 bits per heavy atom. The summed E-state index contributed by atoms with van der Waals surface area (Å²) in [7, 11) is 1.52. The Balaban J connectivity index is 1.30. The molecule has 3 aromatic rings. The maximum Gasteiger partial charge on any atom is 0.319 e. The fourth-order valence-electron chi connectivity index (χ4n) is 5.18. The Kier molecular flexibility index (Phi) is 12.4. The molecule has 0 aromatic heterocycles. The SMILES string of the molecule is CCCCN1CCC(Oc2ccc(C(=O)Nc3ccc(Oc4ccc(NC(=O)NC(CC)CC)cc4OC)cc3)c(F)c2)CC1. The molecule has 1 aliphatic rings. The topological polar surface area (TPSA) is 101 Å². The molecular formula is C35H45FN4O5. The molecule has 0 bridgehead atoms. The van der Waals surface area contributed by atoms with Gasteiger partial charge in [0.2, 0.25) is 0 Å². The first-order chi connectivity index (χ1) is 21.8. The molecule has 45 heavy (non-hydrogen) atoms. The summed E-state index contributed by atoms with van der Waals surface area (Å²) >= 11 is 0. The minimum absolute atomic E-state index is 0.0444. The van der Waals surface area contributed by atoms with Gasteiger partial charge in [-0.1, -0.05) is 27.2 Å². The Morgan fingerprint density at radius 3 is 2.22 bits per heavy atom. The zero-order valence-corrected chi connectivity index (χ0v) is 26.7. The molecule has 0 unspecified atom stereocenters. The monoisotopic (exact) mass is 620 g/mol. The average Bonchev–Trinajstić information content (AvgIpc) is 3.04. The highest BCUT2D eigenvalue weighted by atomic mass is 19.1. The van der Waals surface area contributed by atoms with E-state index in [-0.39, 0.29) is 23.7 Å². The van der Waals surface area contributed by atoms with Crippen molar-refractivity contribution in [2.45, 2.75) is 71.4 Å². The van der Waals surface area contributed by atoms with Gasteiger partial charge in [0.25, 0.3) is 5.91 Å². The van der Waals surface area contributed by atoms with Crippen LogP contribution in [0.5, 0.6) is 23.0 Å². The summed E-state index contributed by atoms with van der Waals surface area (Å²) < 4.78 is 32.4. The summed E-state index contributed by atoms with van der Waals surface area (Å²) in [6.45, 7) is 9.31. The Hall–Kier alpha value is -4.31. The summed E-state index contributed by atoms with van der Waals surface area (Å²) in [4.78, 5) is 27.6. The molecular weight excluding hydrogens is 575 g/mol. The van der Waals surface area contributed by atoms with E-state index < -0.39 is 11.7 Å². The van der Waals surface area contributed by atoms with Crippen LogP contribution in [-0.2, 0) is 0 Å². The van der Waals surface area contributed by atoms with Crippen LogP contribution in [0.2, 0.25) is 0 Å². The highest BCUT2D eigenvalue weighted by Gasteiger charge is 2.21. The van der Waals surface area contributed by atoms with Crippen molar-refractivity contribution in [1.82, 2.24) is 10.2 Å². The predicted octanol–water partition coefficient (Wildman–Crippen LogP) is 7.83. The molecule has 3 N–H and O–H groups in total. The summed E-state index contributed by atoms with van der Waals surface area (Å²) in [6.07, 6.45) is 5.92. The number of likely N-dealkylation sites (tertiary alicyclic amines) is 1. The van der Waals surface area contributed by atoms with Crippen LogP contribution in [0.4, 0.5) is 20.6 Å². The maximum atomic E-state index is 14.9. The van der Waals surface area contributed by atoms with Crippen molar-refractivity contribution in [3.8, 4) is 23.0 Å². The first kappa shape index (κ1) is 33.6. The Morgan fingerprint density at radius 2 is 1.58 bits per heavy atom. The lowest BCUT2D eigenvalue weighted by Crippen LogP contribution is -2.38. The van der Waals surface area contributed by atoms with Crippen LogP contribution in [0, 0.1) is 5.82 Å². The van der Waals surface area contributed by atoms with Crippen molar-refractivity contribution >= 4 is 23.3 Å². The molecule has 0 radical (unpaired) electrons.